The Morgan fingerprint density at radius 2 is 2.00 bits per heavy atom. The molecule has 1 saturated carbocycles. The summed E-state index contributed by atoms with van der Waals surface area (Å²) in [7, 11) is 0. The second-order valence-corrected chi connectivity index (χ2v) is 4.06. The van der Waals surface area contributed by atoms with Crippen molar-refractivity contribution in [1.29, 1.82) is 0 Å². The molecule has 2 nitrogen and oxygen atoms in total. The summed E-state index contributed by atoms with van der Waals surface area (Å²) in [5, 5.41) is 8.78. The van der Waals surface area contributed by atoms with Crippen molar-refractivity contribution in [2.45, 2.75) is 46.0 Å². The third-order valence-corrected chi connectivity index (χ3v) is 3.16. The normalized spacial score (nSPS) is 21.8. The van der Waals surface area contributed by atoms with E-state index in [4.69, 9.17) is 5.11 Å². The Kier molecular flexibility index (Phi) is 3.12. The van der Waals surface area contributed by atoms with Gasteiger partial charge in [0, 0.05) is 5.57 Å². The maximum atomic E-state index is 10.7. The number of hydrogen-bond acceptors (Lipinski definition) is 1. The van der Waals surface area contributed by atoms with Crippen molar-refractivity contribution in [3.8, 4) is 0 Å². The van der Waals surface area contributed by atoms with Gasteiger partial charge in [0.1, 0.15) is 0 Å². The van der Waals surface area contributed by atoms with Crippen molar-refractivity contribution in [2.24, 2.45) is 5.41 Å². The standard InChI is InChI=1S/C11H18O2/c1-3-11(6-4-5-7-11)8-9(2)10(12)13/h8H,3-7H2,1-2H3,(H,12,13)/b9-8+. The van der Waals surface area contributed by atoms with E-state index in [-0.39, 0.29) is 5.41 Å². The molecule has 0 heterocycles. The molecule has 1 aliphatic rings. The maximum Gasteiger partial charge on any atom is 0.330 e. The molecule has 0 unspecified atom stereocenters. The van der Waals surface area contributed by atoms with Crippen LogP contribution in [-0.2, 0) is 4.79 Å². The highest BCUT2D eigenvalue weighted by Crippen LogP contribution is 2.42. The lowest BCUT2D eigenvalue weighted by atomic mass is 9.82. The molecule has 0 amide bonds. The van der Waals surface area contributed by atoms with E-state index < -0.39 is 5.97 Å². The second-order valence-electron chi connectivity index (χ2n) is 4.06. The molecule has 1 N–H and O–H groups in total. The molecule has 0 aliphatic heterocycles. The van der Waals surface area contributed by atoms with E-state index in [1.807, 2.05) is 6.08 Å². The van der Waals surface area contributed by atoms with Crippen LogP contribution in [0.3, 0.4) is 0 Å². The van der Waals surface area contributed by atoms with Crippen molar-refractivity contribution in [3.63, 3.8) is 0 Å². The molecule has 2 heteroatoms. The molecule has 1 rings (SSSR count). The highest BCUT2D eigenvalue weighted by atomic mass is 16.4. The van der Waals surface area contributed by atoms with Crippen LogP contribution in [0.2, 0.25) is 0 Å². The second kappa shape index (κ2) is 3.95. The van der Waals surface area contributed by atoms with Crippen LogP contribution in [0.25, 0.3) is 0 Å². The Morgan fingerprint density at radius 3 is 2.38 bits per heavy atom. The molecule has 0 saturated heterocycles. The summed E-state index contributed by atoms with van der Waals surface area (Å²) in [4.78, 5) is 10.7. The smallest absolute Gasteiger partial charge is 0.330 e. The molecule has 1 aliphatic carbocycles. The first-order chi connectivity index (χ1) is 6.09. The number of carboxylic acids is 1. The van der Waals surface area contributed by atoms with Crippen molar-refractivity contribution in [3.05, 3.63) is 11.6 Å². The van der Waals surface area contributed by atoms with Crippen molar-refractivity contribution in [1.82, 2.24) is 0 Å². The number of rotatable bonds is 3. The van der Waals surface area contributed by atoms with E-state index in [2.05, 4.69) is 6.92 Å². The highest BCUT2D eigenvalue weighted by molar-refractivity contribution is 5.85. The lowest BCUT2D eigenvalue weighted by Crippen LogP contribution is -2.13. The fourth-order valence-electron chi connectivity index (χ4n) is 2.20. The molecule has 13 heavy (non-hydrogen) atoms. The summed E-state index contributed by atoms with van der Waals surface area (Å²) in [6, 6.07) is 0. The minimum atomic E-state index is -0.778. The molecule has 0 atom stereocenters. The zero-order valence-electron chi connectivity index (χ0n) is 8.47. The lowest BCUT2D eigenvalue weighted by Gasteiger charge is -2.23. The van der Waals surface area contributed by atoms with Crippen LogP contribution in [0.15, 0.2) is 11.6 Å². The number of carbonyl (C=O) groups is 1. The Balaban J connectivity index is 2.78. The molecule has 0 aromatic rings. The predicted octanol–water partition coefficient (Wildman–Crippen LogP) is 2.99. The van der Waals surface area contributed by atoms with Crippen LogP contribution < -0.4 is 0 Å². The zero-order valence-corrected chi connectivity index (χ0v) is 8.47. The van der Waals surface area contributed by atoms with Crippen LogP contribution in [0.1, 0.15) is 46.0 Å². The van der Waals surface area contributed by atoms with Gasteiger partial charge in [-0.25, -0.2) is 4.79 Å². The van der Waals surface area contributed by atoms with Gasteiger partial charge in [0.25, 0.3) is 0 Å². The lowest BCUT2D eigenvalue weighted by molar-refractivity contribution is -0.132. The zero-order chi connectivity index (χ0) is 9.90. The SMILES string of the molecule is CCC1(/C=C(\C)C(=O)O)CCCC1. The minimum Gasteiger partial charge on any atom is -0.478 e. The number of allylic oxidation sites excluding steroid dienone is 1. The van der Waals surface area contributed by atoms with Crippen LogP contribution in [0, 0.1) is 5.41 Å². The van der Waals surface area contributed by atoms with Gasteiger partial charge in [-0.05, 0) is 31.6 Å². The first-order valence-electron chi connectivity index (χ1n) is 5.02. The average molecular weight is 182 g/mol. The molecule has 0 bridgehead atoms. The Hall–Kier alpha value is -0.790. The Morgan fingerprint density at radius 1 is 1.46 bits per heavy atom. The van der Waals surface area contributed by atoms with Gasteiger partial charge in [0.2, 0.25) is 0 Å². The van der Waals surface area contributed by atoms with E-state index in [9.17, 15) is 4.79 Å². The quantitative estimate of drug-likeness (QED) is 0.681. The van der Waals surface area contributed by atoms with Crippen molar-refractivity contribution < 1.29 is 9.90 Å². The van der Waals surface area contributed by atoms with E-state index in [1.54, 1.807) is 6.92 Å². The van der Waals surface area contributed by atoms with E-state index in [1.165, 1.54) is 12.8 Å². The summed E-state index contributed by atoms with van der Waals surface area (Å²) >= 11 is 0. The van der Waals surface area contributed by atoms with E-state index in [0.29, 0.717) is 5.57 Å². The summed E-state index contributed by atoms with van der Waals surface area (Å²) in [5.74, 6) is -0.778. The van der Waals surface area contributed by atoms with Crippen LogP contribution in [0.5, 0.6) is 0 Å². The first-order valence-corrected chi connectivity index (χ1v) is 5.02. The van der Waals surface area contributed by atoms with Gasteiger partial charge in [-0.3, -0.25) is 0 Å². The predicted molar refractivity (Wildman–Crippen MR) is 52.6 cm³/mol. The molecule has 1 fully saturated rings. The van der Waals surface area contributed by atoms with Gasteiger partial charge in [0.05, 0.1) is 0 Å². The average Bonchev–Trinajstić information content (AvgIpc) is 2.54. The minimum absolute atomic E-state index is 0.197. The van der Waals surface area contributed by atoms with Gasteiger partial charge in [0.15, 0.2) is 0 Å². The number of carboxylic acid groups (broad SMARTS) is 1. The summed E-state index contributed by atoms with van der Waals surface area (Å²) < 4.78 is 0. The summed E-state index contributed by atoms with van der Waals surface area (Å²) in [6.07, 6.45) is 7.86. The maximum absolute atomic E-state index is 10.7. The molecule has 0 radical (unpaired) electrons. The van der Waals surface area contributed by atoms with Gasteiger partial charge >= 0.3 is 5.97 Å². The highest BCUT2D eigenvalue weighted by Gasteiger charge is 2.30. The van der Waals surface area contributed by atoms with E-state index >= 15 is 0 Å². The molecule has 0 spiro atoms. The fraction of sp³-hybridized carbons (Fsp3) is 0.727. The summed E-state index contributed by atoms with van der Waals surface area (Å²) in [5.41, 5.74) is 0.700. The monoisotopic (exact) mass is 182 g/mol. The van der Waals surface area contributed by atoms with Crippen molar-refractivity contribution >= 4 is 5.97 Å². The Bertz CT molecular complexity index is 222. The number of aliphatic carboxylic acids is 1. The largest absolute Gasteiger partial charge is 0.478 e. The third kappa shape index (κ3) is 2.33. The first kappa shape index (κ1) is 10.3. The third-order valence-electron chi connectivity index (χ3n) is 3.16. The van der Waals surface area contributed by atoms with Gasteiger partial charge < -0.3 is 5.11 Å². The molecule has 0 aromatic carbocycles. The fourth-order valence-corrected chi connectivity index (χ4v) is 2.20. The van der Waals surface area contributed by atoms with Crippen LogP contribution in [0.4, 0.5) is 0 Å². The van der Waals surface area contributed by atoms with Gasteiger partial charge in [-0.2, -0.15) is 0 Å². The van der Waals surface area contributed by atoms with Gasteiger partial charge in [-0.15, -0.1) is 0 Å². The van der Waals surface area contributed by atoms with E-state index in [0.717, 1.165) is 19.3 Å². The molecule has 0 aromatic heterocycles. The molecular formula is C11H18O2. The van der Waals surface area contributed by atoms with Crippen LogP contribution >= 0.6 is 0 Å². The number of hydrogen-bond donors (Lipinski definition) is 1. The van der Waals surface area contributed by atoms with Crippen LogP contribution in [-0.4, -0.2) is 11.1 Å². The molecular weight excluding hydrogens is 164 g/mol. The van der Waals surface area contributed by atoms with Gasteiger partial charge in [-0.1, -0.05) is 25.8 Å². The Labute approximate surface area is 79.6 Å². The van der Waals surface area contributed by atoms with Crippen molar-refractivity contribution in [2.75, 3.05) is 0 Å². The molecule has 74 valence electrons. The topological polar surface area (TPSA) is 37.3 Å². The summed E-state index contributed by atoms with van der Waals surface area (Å²) in [6.45, 7) is 3.84.